The number of nitrogens with zero attached hydrogens (tertiary/aromatic N) is 5. The fourth-order valence-electron chi connectivity index (χ4n) is 2.66. The molecular weight excluding hydrogens is 334 g/mol. The second-order valence-corrected chi connectivity index (χ2v) is 5.63. The van der Waals surface area contributed by atoms with Gasteiger partial charge in [-0.2, -0.15) is 0 Å². The first kappa shape index (κ1) is 15.8. The number of nitrogen functional groups attached to an aromatic ring is 1. The highest BCUT2D eigenvalue weighted by Gasteiger charge is 2.19. The maximum absolute atomic E-state index is 12.5. The lowest BCUT2D eigenvalue weighted by molar-refractivity contribution is -0.618. The van der Waals surface area contributed by atoms with Gasteiger partial charge in [-0.25, -0.2) is 15.0 Å². The van der Waals surface area contributed by atoms with Crippen LogP contribution >= 0.6 is 0 Å². The van der Waals surface area contributed by atoms with Crippen molar-refractivity contribution in [2.75, 3.05) is 5.73 Å². The van der Waals surface area contributed by atoms with E-state index in [0.717, 1.165) is 5.69 Å². The number of nitrogens with one attached hydrogen (secondary N) is 1. The highest BCUT2D eigenvalue weighted by atomic mass is 16.3. The first-order chi connectivity index (χ1) is 12.6. The SMILES string of the molecule is Cc1nc(C(=O)NCc2cc[n+]3ccccn23)c(N)nc1-c1ncco1. The molecule has 0 atom stereocenters. The Kier molecular flexibility index (Phi) is 3.81. The van der Waals surface area contributed by atoms with Crippen molar-refractivity contribution in [1.82, 2.24) is 24.8 Å². The third-order valence-electron chi connectivity index (χ3n) is 3.92. The minimum Gasteiger partial charge on any atom is -0.443 e. The number of hydrogen-bond acceptors (Lipinski definition) is 6. The van der Waals surface area contributed by atoms with Crippen LogP contribution in [-0.2, 0) is 6.54 Å². The number of aryl methyl sites for hydroxylation is 1. The predicted octanol–water partition coefficient (Wildman–Crippen LogP) is 0.790. The van der Waals surface area contributed by atoms with Crippen molar-refractivity contribution >= 4 is 11.7 Å². The van der Waals surface area contributed by atoms with Crippen LogP contribution in [0.3, 0.4) is 0 Å². The summed E-state index contributed by atoms with van der Waals surface area (Å²) in [5.74, 6) is -0.0611. The predicted molar refractivity (Wildman–Crippen MR) is 90.9 cm³/mol. The molecule has 0 radical (unpaired) electrons. The van der Waals surface area contributed by atoms with E-state index in [9.17, 15) is 4.79 Å². The maximum Gasteiger partial charge on any atom is 0.274 e. The number of oxazole rings is 1. The van der Waals surface area contributed by atoms with Gasteiger partial charge in [-0.05, 0) is 13.0 Å². The van der Waals surface area contributed by atoms with Crippen LogP contribution in [0.15, 0.2) is 53.7 Å². The van der Waals surface area contributed by atoms with E-state index in [1.807, 2.05) is 45.8 Å². The highest BCUT2D eigenvalue weighted by Crippen LogP contribution is 2.20. The third kappa shape index (κ3) is 2.75. The van der Waals surface area contributed by atoms with Gasteiger partial charge in [-0.15, -0.1) is 4.52 Å². The number of amides is 1. The Hall–Kier alpha value is -3.75. The largest absolute Gasteiger partial charge is 0.443 e. The van der Waals surface area contributed by atoms with Gasteiger partial charge in [0.1, 0.15) is 17.7 Å². The molecule has 0 aliphatic heterocycles. The summed E-state index contributed by atoms with van der Waals surface area (Å²) in [6, 6.07) is 5.77. The number of hydrogen-bond donors (Lipinski definition) is 2. The number of carbonyl (C=O) groups is 1. The summed E-state index contributed by atoms with van der Waals surface area (Å²) < 4.78 is 9.05. The van der Waals surface area contributed by atoms with Crippen molar-refractivity contribution in [2.24, 2.45) is 0 Å². The number of rotatable bonds is 4. The summed E-state index contributed by atoms with van der Waals surface area (Å²) in [6.45, 7) is 2.05. The molecule has 0 aromatic carbocycles. The van der Waals surface area contributed by atoms with E-state index >= 15 is 0 Å². The Bertz CT molecular complexity index is 1090. The molecule has 0 spiro atoms. The molecule has 130 valence electrons. The molecule has 9 nitrogen and oxygen atoms in total. The number of anilines is 1. The van der Waals surface area contributed by atoms with Crippen molar-refractivity contribution in [3.63, 3.8) is 0 Å². The highest BCUT2D eigenvalue weighted by molar-refractivity contribution is 5.96. The molecule has 4 heterocycles. The molecule has 4 aromatic heterocycles. The zero-order valence-corrected chi connectivity index (χ0v) is 14.0. The third-order valence-corrected chi connectivity index (χ3v) is 3.92. The van der Waals surface area contributed by atoms with Gasteiger partial charge in [0.2, 0.25) is 18.3 Å². The number of carbonyl (C=O) groups excluding carboxylic acids is 1. The fourth-order valence-corrected chi connectivity index (χ4v) is 2.66. The molecule has 0 saturated heterocycles. The maximum atomic E-state index is 12.5. The molecule has 0 saturated carbocycles. The first-order valence-electron chi connectivity index (χ1n) is 7.92. The molecule has 0 bridgehead atoms. The first-order valence-corrected chi connectivity index (χ1v) is 7.92. The van der Waals surface area contributed by atoms with E-state index in [1.54, 1.807) is 6.92 Å². The summed E-state index contributed by atoms with van der Waals surface area (Å²) >= 11 is 0. The summed E-state index contributed by atoms with van der Waals surface area (Å²) in [5, 5.41) is 2.82. The molecule has 0 aliphatic carbocycles. The van der Waals surface area contributed by atoms with Crippen LogP contribution in [0.5, 0.6) is 0 Å². The van der Waals surface area contributed by atoms with Crippen LogP contribution < -0.4 is 15.6 Å². The smallest absolute Gasteiger partial charge is 0.274 e. The van der Waals surface area contributed by atoms with Gasteiger partial charge in [-0.3, -0.25) is 4.79 Å². The van der Waals surface area contributed by atoms with Crippen LogP contribution in [0.25, 0.3) is 11.6 Å². The average molecular weight is 350 g/mol. The number of fused-ring (bicyclic) bond motifs is 1. The second-order valence-electron chi connectivity index (χ2n) is 5.63. The van der Waals surface area contributed by atoms with Crippen LogP contribution in [-0.4, -0.2) is 25.4 Å². The van der Waals surface area contributed by atoms with Crippen LogP contribution in [0.4, 0.5) is 5.82 Å². The standard InChI is InChI=1S/C17H15N7O2/c1-11-13(17-19-5-9-26-17)22-15(18)14(21-11)16(25)20-10-12-4-8-23-6-2-3-7-24(12)23/h2-9H,10H2,1H3,(H2-,18,20,22,25)/p+1. The Morgan fingerprint density at radius 1 is 1.35 bits per heavy atom. The Labute approximate surface area is 148 Å². The van der Waals surface area contributed by atoms with Crippen molar-refractivity contribution in [1.29, 1.82) is 0 Å². The average Bonchev–Trinajstić information content (AvgIpc) is 3.31. The van der Waals surface area contributed by atoms with E-state index in [2.05, 4.69) is 20.3 Å². The lowest BCUT2D eigenvalue weighted by atomic mass is 10.2. The van der Waals surface area contributed by atoms with Crippen LogP contribution in [0.2, 0.25) is 0 Å². The normalized spacial score (nSPS) is 11.0. The van der Waals surface area contributed by atoms with Gasteiger partial charge in [0.25, 0.3) is 5.91 Å². The van der Waals surface area contributed by atoms with Crippen molar-refractivity contribution in [3.8, 4) is 11.6 Å². The summed E-state index contributed by atoms with van der Waals surface area (Å²) in [7, 11) is 0. The van der Waals surface area contributed by atoms with Gasteiger partial charge >= 0.3 is 0 Å². The molecule has 26 heavy (non-hydrogen) atoms. The van der Waals surface area contributed by atoms with E-state index < -0.39 is 5.91 Å². The zero-order valence-electron chi connectivity index (χ0n) is 14.0. The zero-order chi connectivity index (χ0) is 18.1. The molecule has 0 unspecified atom stereocenters. The van der Waals surface area contributed by atoms with Crippen molar-refractivity contribution in [3.05, 3.63) is 66.3 Å². The van der Waals surface area contributed by atoms with Gasteiger partial charge in [0, 0.05) is 12.1 Å². The Morgan fingerprint density at radius 2 is 2.23 bits per heavy atom. The molecule has 0 fully saturated rings. The van der Waals surface area contributed by atoms with Gasteiger partial charge < -0.3 is 15.5 Å². The molecule has 3 N–H and O–H groups in total. The molecule has 9 heteroatoms. The fraction of sp³-hybridized carbons (Fsp3) is 0.118. The summed E-state index contributed by atoms with van der Waals surface area (Å²) in [4.78, 5) is 25.0. The van der Waals surface area contributed by atoms with E-state index in [4.69, 9.17) is 10.2 Å². The quantitative estimate of drug-likeness (QED) is 0.526. The van der Waals surface area contributed by atoms with Gasteiger partial charge in [-0.1, -0.05) is 4.52 Å². The van der Waals surface area contributed by atoms with Crippen molar-refractivity contribution in [2.45, 2.75) is 13.5 Å². The molecular formula is C17H16N7O2+. The monoisotopic (exact) mass is 350 g/mol. The van der Waals surface area contributed by atoms with E-state index in [-0.39, 0.29) is 11.5 Å². The van der Waals surface area contributed by atoms with Crippen LogP contribution in [0.1, 0.15) is 21.9 Å². The Morgan fingerprint density at radius 3 is 3.04 bits per heavy atom. The lowest BCUT2D eigenvalue weighted by Gasteiger charge is -2.08. The topological polar surface area (TPSA) is 115 Å². The van der Waals surface area contributed by atoms with Crippen LogP contribution in [0, 0.1) is 6.92 Å². The number of aromatic nitrogens is 5. The summed E-state index contributed by atoms with van der Waals surface area (Å²) in [5.41, 5.74) is 7.84. The molecule has 4 rings (SSSR count). The molecule has 4 aromatic rings. The lowest BCUT2D eigenvalue weighted by Crippen LogP contribution is -2.30. The van der Waals surface area contributed by atoms with Gasteiger partial charge in [0.05, 0.1) is 24.6 Å². The van der Waals surface area contributed by atoms with E-state index in [0.29, 0.717) is 23.8 Å². The van der Waals surface area contributed by atoms with Crippen molar-refractivity contribution < 1.29 is 13.7 Å². The van der Waals surface area contributed by atoms with E-state index in [1.165, 1.54) is 12.5 Å². The minimum atomic E-state index is -0.395. The minimum absolute atomic E-state index is 0.0238. The molecule has 1 amide bonds. The Balaban J connectivity index is 1.56. The summed E-state index contributed by atoms with van der Waals surface area (Å²) in [6.07, 6.45) is 8.68. The van der Waals surface area contributed by atoms with Gasteiger partial charge in [0.15, 0.2) is 11.5 Å². The molecule has 0 aliphatic rings. The number of nitrogens with two attached hydrogens (primary N) is 1. The second kappa shape index (κ2) is 6.28.